The van der Waals surface area contributed by atoms with E-state index in [4.69, 9.17) is 4.52 Å². The fraction of sp³-hybridized carbons (Fsp3) is 0.769. The standard InChI is InChI=1S/C13H22N2O/c1-4-12(14-11-7-5-6-8-11)13-9(2)15-16-10(13)3/h11-12,14H,4-8H2,1-3H3. The lowest BCUT2D eigenvalue weighted by molar-refractivity contribution is 0.385. The van der Waals surface area contributed by atoms with Crippen molar-refractivity contribution in [3.63, 3.8) is 0 Å². The molecule has 1 heterocycles. The molecule has 0 aromatic carbocycles. The second kappa shape index (κ2) is 5.00. The Morgan fingerprint density at radius 3 is 2.56 bits per heavy atom. The second-order valence-electron chi connectivity index (χ2n) is 4.85. The molecular formula is C13H22N2O. The van der Waals surface area contributed by atoms with Gasteiger partial charge >= 0.3 is 0 Å². The fourth-order valence-electron chi connectivity index (χ4n) is 2.77. The van der Waals surface area contributed by atoms with Crippen molar-refractivity contribution in [3.8, 4) is 0 Å². The van der Waals surface area contributed by atoms with Gasteiger partial charge in [0.05, 0.1) is 5.69 Å². The third-order valence-corrected chi connectivity index (χ3v) is 3.64. The number of aryl methyl sites for hydroxylation is 2. The molecule has 0 saturated heterocycles. The number of rotatable bonds is 4. The van der Waals surface area contributed by atoms with E-state index in [1.54, 1.807) is 0 Å². The lowest BCUT2D eigenvalue weighted by Gasteiger charge is -2.21. The Hall–Kier alpha value is -0.830. The predicted molar refractivity (Wildman–Crippen MR) is 64.4 cm³/mol. The highest BCUT2D eigenvalue weighted by Crippen LogP contribution is 2.27. The zero-order chi connectivity index (χ0) is 11.5. The normalized spacial score (nSPS) is 19.2. The van der Waals surface area contributed by atoms with E-state index < -0.39 is 0 Å². The van der Waals surface area contributed by atoms with E-state index in [0.717, 1.165) is 17.9 Å². The van der Waals surface area contributed by atoms with Crippen molar-refractivity contribution in [1.82, 2.24) is 10.5 Å². The first kappa shape index (κ1) is 11.6. The van der Waals surface area contributed by atoms with Crippen LogP contribution < -0.4 is 5.32 Å². The van der Waals surface area contributed by atoms with Crippen molar-refractivity contribution in [1.29, 1.82) is 0 Å². The van der Waals surface area contributed by atoms with E-state index >= 15 is 0 Å². The van der Waals surface area contributed by atoms with Crippen molar-refractivity contribution >= 4 is 0 Å². The molecule has 3 nitrogen and oxygen atoms in total. The Balaban J connectivity index is 2.09. The molecule has 1 aliphatic rings. The van der Waals surface area contributed by atoms with E-state index in [9.17, 15) is 0 Å². The van der Waals surface area contributed by atoms with Crippen LogP contribution in [0.5, 0.6) is 0 Å². The van der Waals surface area contributed by atoms with Crippen molar-refractivity contribution in [2.45, 2.75) is 65.0 Å². The van der Waals surface area contributed by atoms with Crippen molar-refractivity contribution < 1.29 is 4.52 Å². The summed E-state index contributed by atoms with van der Waals surface area (Å²) >= 11 is 0. The first-order valence-electron chi connectivity index (χ1n) is 6.41. The summed E-state index contributed by atoms with van der Waals surface area (Å²) in [5.41, 5.74) is 2.31. The number of hydrogen-bond acceptors (Lipinski definition) is 3. The number of nitrogens with zero attached hydrogens (tertiary/aromatic N) is 1. The van der Waals surface area contributed by atoms with Crippen LogP contribution >= 0.6 is 0 Å². The molecule has 1 atom stereocenters. The van der Waals surface area contributed by atoms with Crippen LogP contribution in [0, 0.1) is 13.8 Å². The molecule has 1 aromatic heterocycles. The molecule has 90 valence electrons. The van der Waals surface area contributed by atoms with Gasteiger partial charge < -0.3 is 9.84 Å². The summed E-state index contributed by atoms with van der Waals surface area (Å²) in [5, 5.41) is 7.79. The maximum atomic E-state index is 5.25. The molecule has 0 aliphatic heterocycles. The summed E-state index contributed by atoms with van der Waals surface area (Å²) < 4.78 is 5.25. The molecule has 2 rings (SSSR count). The van der Waals surface area contributed by atoms with Crippen LogP contribution in [-0.2, 0) is 0 Å². The third kappa shape index (κ3) is 2.29. The Morgan fingerprint density at radius 2 is 2.06 bits per heavy atom. The topological polar surface area (TPSA) is 38.1 Å². The lowest BCUT2D eigenvalue weighted by Crippen LogP contribution is -2.30. The summed E-state index contributed by atoms with van der Waals surface area (Å²) in [7, 11) is 0. The van der Waals surface area contributed by atoms with Crippen LogP contribution in [0.25, 0.3) is 0 Å². The number of hydrogen-bond donors (Lipinski definition) is 1. The van der Waals surface area contributed by atoms with E-state index in [1.165, 1.54) is 31.2 Å². The van der Waals surface area contributed by atoms with Gasteiger partial charge in [-0.15, -0.1) is 0 Å². The molecule has 0 amide bonds. The average Bonchev–Trinajstić information content (AvgIpc) is 2.87. The van der Waals surface area contributed by atoms with Gasteiger partial charge in [-0.2, -0.15) is 0 Å². The van der Waals surface area contributed by atoms with Crippen LogP contribution in [0.3, 0.4) is 0 Å². The summed E-state index contributed by atoms with van der Waals surface area (Å²) in [6, 6.07) is 1.10. The van der Waals surface area contributed by atoms with Gasteiger partial charge in [-0.25, -0.2) is 0 Å². The van der Waals surface area contributed by atoms with Crippen LogP contribution in [0.1, 0.15) is 62.1 Å². The Labute approximate surface area is 97.6 Å². The van der Waals surface area contributed by atoms with Crippen molar-refractivity contribution in [2.75, 3.05) is 0 Å². The van der Waals surface area contributed by atoms with Gasteiger partial charge in [0, 0.05) is 17.6 Å². The maximum absolute atomic E-state index is 5.25. The molecule has 0 bridgehead atoms. The molecule has 1 aromatic rings. The minimum atomic E-state index is 0.411. The molecule has 0 spiro atoms. The summed E-state index contributed by atoms with van der Waals surface area (Å²) in [4.78, 5) is 0. The molecule has 1 fully saturated rings. The van der Waals surface area contributed by atoms with Gasteiger partial charge in [0.1, 0.15) is 5.76 Å². The minimum absolute atomic E-state index is 0.411. The number of nitrogens with one attached hydrogen (secondary N) is 1. The fourth-order valence-corrected chi connectivity index (χ4v) is 2.77. The maximum Gasteiger partial charge on any atom is 0.138 e. The highest BCUT2D eigenvalue weighted by Gasteiger charge is 2.23. The molecule has 1 N–H and O–H groups in total. The summed E-state index contributed by atoms with van der Waals surface area (Å²) in [6.45, 7) is 6.26. The van der Waals surface area contributed by atoms with Gasteiger partial charge in [-0.3, -0.25) is 0 Å². The van der Waals surface area contributed by atoms with Crippen LogP contribution in [0.15, 0.2) is 4.52 Å². The van der Waals surface area contributed by atoms with Gasteiger partial charge in [0.25, 0.3) is 0 Å². The smallest absolute Gasteiger partial charge is 0.138 e. The quantitative estimate of drug-likeness (QED) is 0.849. The van der Waals surface area contributed by atoms with E-state index in [1.807, 2.05) is 13.8 Å². The van der Waals surface area contributed by atoms with Gasteiger partial charge in [-0.05, 0) is 33.1 Å². The predicted octanol–water partition coefficient (Wildman–Crippen LogP) is 3.27. The van der Waals surface area contributed by atoms with Crippen LogP contribution in [0.4, 0.5) is 0 Å². The molecule has 1 aliphatic carbocycles. The van der Waals surface area contributed by atoms with E-state index in [0.29, 0.717) is 12.1 Å². The van der Waals surface area contributed by atoms with E-state index in [-0.39, 0.29) is 0 Å². The van der Waals surface area contributed by atoms with Crippen LogP contribution in [-0.4, -0.2) is 11.2 Å². The van der Waals surface area contributed by atoms with Gasteiger partial charge in [0.2, 0.25) is 0 Å². The molecule has 3 heteroatoms. The highest BCUT2D eigenvalue weighted by atomic mass is 16.5. The first-order chi connectivity index (χ1) is 7.72. The SMILES string of the molecule is CCC(NC1CCCC1)c1c(C)noc1C. The molecule has 0 radical (unpaired) electrons. The average molecular weight is 222 g/mol. The minimum Gasteiger partial charge on any atom is -0.361 e. The van der Waals surface area contributed by atoms with Gasteiger partial charge in [-0.1, -0.05) is 24.9 Å². The second-order valence-corrected chi connectivity index (χ2v) is 4.85. The highest BCUT2D eigenvalue weighted by molar-refractivity contribution is 5.25. The van der Waals surface area contributed by atoms with Gasteiger partial charge in [0.15, 0.2) is 0 Å². The van der Waals surface area contributed by atoms with Crippen molar-refractivity contribution in [2.24, 2.45) is 0 Å². The van der Waals surface area contributed by atoms with Crippen molar-refractivity contribution in [3.05, 3.63) is 17.0 Å². The van der Waals surface area contributed by atoms with E-state index in [2.05, 4.69) is 17.4 Å². The number of aromatic nitrogens is 1. The molecule has 16 heavy (non-hydrogen) atoms. The lowest BCUT2D eigenvalue weighted by atomic mass is 10.0. The molecular weight excluding hydrogens is 200 g/mol. The monoisotopic (exact) mass is 222 g/mol. The summed E-state index contributed by atoms with van der Waals surface area (Å²) in [5.74, 6) is 0.967. The Kier molecular flexibility index (Phi) is 3.64. The largest absolute Gasteiger partial charge is 0.361 e. The first-order valence-corrected chi connectivity index (χ1v) is 6.41. The zero-order valence-electron chi connectivity index (χ0n) is 10.5. The molecule has 1 saturated carbocycles. The molecule has 1 unspecified atom stereocenters. The Bertz CT molecular complexity index is 320. The summed E-state index contributed by atoms with van der Waals surface area (Å²) in [6.07, 6.45) is 6.48. The zero-order valence-corrected chi connectivity index (χ0v) is 10.5. The van der Waals surface area contributed by atoms with Crippen LogP contribution in [0.2, 0.25) is 0 Å². The Morgan fingerprint density at radius 1 is 1.38 bits per heavy atom. The third-order valence-electron chi connectivity index (χ3n) is 3.64.